The number of hydrogen-bond donors (Lipinski definition) is 1. The van der Waals surface area contributed by atoms with Crippen molar-refractivity contribution in [3.63, 3.8) is 0 Å². The van der Waals surface area contributed by atoms with E-state index >= 15 is 0 Å². The van der Waals surface area contributed by atoms with E-state index in [2.05, 4.69) is 20.8 Å². The number of nitrogens with one attached hydrogen (secondary N) is 1. The number of hydrogen-bond acceptors (Lipinski definition) is 4. The maximum absolute atomic E-state index is 5.48. The second-order valence-electron chi connectivity index (χ2n) is 2.10. The summed E-state index contributed by atoms with van der Waals surface area (Å²) in [6.45, 7) is 0.803. The highest BCUT2D eigenvalue weighted by Crippen LogP contribution is 1.95. The topological polar surface area (TPSA) is 55.6 Å². The lowest BCUT2D eigenvalue weighted by Crippen LogP contribution is -2.07. The quantitative estimate of drug-likeness (QED) is 0.527. The molecule has 0 saturated heterocycles. The van der Waals surface area contributed by atoms with Crippen LogP contribution < -0.4 is 5.32 Å². The molecular weight excluding hydrogens is 166 g/mol. The molecule has 0 radical (unpaired) electrons. The average molecular weight is 176 g/mol. The zero-order valence-electron chi connectivity index (χ0n) is 6.29. The van der Waals surface area contributed by atoms with Crippen LogP contribution in [0.1, 0.15) is 6.42 Å². The third kappa shape index (κ3) is 2.34. The van der Waals surface area contributed by atoms with Crippen LogP contribution >= 0.6 is 11.6 Å². The Morgan fingerprint density at radius 2 is 2.45 bits per heavy atom. The highest BCUT2D eigenvalue weighted by atomic mass is 35.5. The van der Waals surface area contributed by atoms with Crippen molar-refractivity contribution in [3.8, 4) is 0 Å². The number of alkyl halides is 1. The molecule has 0 fully saturated rings. The van der Waals surface area contributed by atoms with Gasteiger partial charge in [0.05, 0.1) is 0 Å². The number of rotatable bonds is 4. The number of tetrazole rings is 1. The number of nitrogens with zero attached hydrogens (tertiary/aromatic N) is 4. The molecule has 0 aliphatic heterocycles. The zero-order valence-corrected chi connectivity index (χ0v) is 7.04. The first-order valence-electron chi connectivity index (χ1n) is 3.37. The minimum atomic E-state index is 0.651. The minimum absolute atomic E-state index is 0.651. The molecule has 0 atom stereocenters. The number of anilines is 1. The molecule has 1 aromatic rings. The molecule has 6 heteroatoms. The largest absolute Gasteiger partial charge is 0.353 e. The van der Waals surface area contributed by atoms with E-state index in [1.54, 1.807) is 11.7 Å². The minimum Gasteiger partial charge on any atom is -0.353 e. The standard InChI is InChI=1S/C5H10ClN5/c1-11-5(8-9-10-11)7-4-2-3-6/h2-4H2,1H3,(H,7,8,10). The molecule has 62 valence electrons. The number of aryl methyl sites for hydroxylation is 1. The van der Waals surface area contributed by atoms with Gasteiger partial charge in [0.25, 0.3) is 0 Å². The lowest BCUT2D eigenvalue weighted by atomic mass is 10.5. The number of halogens is 1. The molecule has 1 rings (SSSR count). The van der Waals surface area contributed by atoms with Crippen molar-refractivity contribution < 1.29 is 0 Å². The normalized spacial score (nSPS) is 10.0. The lowest BCUT2D eigenvalue weighted by molar-refractivity contribution is 0.711. The van der Waals surface area contributed by atoms with Crippen LogP contribution in [0.4, 0.5) is 5.95 Å². The monoisotopic (exact) mass is 175 g/mol. The Morgan fingerprint density at radius 3 is 3.00 bits per heavy atom. The van der Waals surface area contributed by atoms with Crippen LogP contribution in [0, 0.1) is 0 Å². The highest BCUT2D eigenvalue weighted by Gasteiger charge is 1.97. The van der Waals surface area contributed by atoms with Crippen LogP contribution in [-0.4, -0.2) is 32.6 Å². The van der Waals surface area contributed by atoms with Crippen LogP contribution in [0.3, 0.4) is 0 Å². The van der Waals surface area contributed by atoms with Crippen molar-refractivity contribution in [1.82, 2.24) is 20.2 Å². The Hall–Kier alpha value is -0.840. The summed E-state index contributed by atoms with van der Waals surface area (Å²) in [4.78, 5) is 0. The van der Waals surface area contributed by atoms with Crippen molar-refractivity contribution >= 4 is 17.5 Å². The third-order valence-electron chi connectivity index (χ3n) is 1.21. The fourth-order valence-corrected chi connectivity index (χ4v) is 0.780. The van der Waals surface area contributed by atoms with Crippen LogP contribution in [0.25, 0.3) is 0 Å². The van der Waals surface area contributed by atoms with Gasteiger partial charge in [-0.3, -0.25) is 0 Å². The second-order valence-corrected chi connectivity index (χ2v) is 2.47. The van der Waals surface area contributed by atoms with E-state index in [0.717, 1.165) is 13.0 Å². The Bertz CT molecular complexity index is 210. The van der Waals surface area contributed by atoms with Crippen molar-refractivity contribution in [2.45, 2.75) is 6.42 Å². The van der Waals surface area contributed by atoms with Gasteiger partial charge in [-0.2, -0.15) is 0 Å². The Kier molecular flexibility index (Phi) is 3.10. The van der Waals surface area contributed by atoms with E-state index in [1.807, 2.05) is 0 Å². The zero-order chi connectivity index (χ0) is 8.10. The summed E-state index contributed by atoms with van der Waals surface area (Å²) >= 11 is 5.48. The maximum Gasteiger partial charge on any atom is 0.242 e. The summed E-state index contributed by atoms with van der Waals surface area (Å²) in [5.74, 6) is 1.33. The van der Waals surface area contributed by atoms with Gasteiger partial charge in [0.15, 0.2) is 0 Å². The van der Waals surface area contributed by atoms with Gasteiger partial charge in [0.2, 0.25) is 5.95 Å². The summed E-state index contributed by atoms with van der Waals surface area (Å²) < 4.78 is 1.58. The van der Waals surface area contributed by atoms with Gasteiger partial charge in [-0.1, -0.05) is 5.10 Å². The van der Waals surface area contributed by atoms with Crippen LogP contribution in [0.15, 0.2) is 0 Å². The van der Waals surface area contributed by atoms with Crippen LogP contribution in [-0.2, 0) is 7.05 Å². The molecule has 0 aliphatic carbocycles. The van der Waals surface area contributed by atoms with Gasteiger partial charge in [0, 0.05) is 19.5 Å². The smallest absolute Gasteiger partial charge is 0.242 e. The second kappa shape index (κ2) is 4.12. The third-order valence-corrected chi connectivity index (χ3v) is 1.48. The van der Waals surface area contributed by atoms with Gasteiger partial charge in [0.1, 0.15) is 0 Å². The average Bonchev–Trinajstić information content (AvgIpc) is 2.37. The fraction of sp³-hybridized carbons (Fsp3) is 0.800. The first kappa shape index (κ1) is 8.26. The van der Waals surface area contributed by atoms with E-state index < -0.39 is 0 Å². The van der Waals surface area contributed by atoms with E-state index in [1.165, 1.54) is 0 Å². The summed E-state index contributed by atoms with van der Waals surface area (Å²) in [6, 6.07) is 0. The summed E-state index contributed by atoms with van der Waals surface area (Å²) in [5.41, 5.74) is 0. The van der Waals surface area contributed by atoms with E-state index in [4.69, 9.17) is 11.6 Å². The van der Waals surface area contributed by atoms with E-state index in [-0.39, 0.29) is 0 Å². The van der Waals surface area contributed by atoms with E-state index in [9.17, 15) is 0 Å². The molecule has 1 N–H and O–H groups in total. The van der Waals surface area contributed by atoms with Gasteiger partial charge in [-0.15, -0.1) is 11.6 Å². The SMILES string of the molecule is Cn1nnnc1NCCCCl. The van der Waals surface area contributed by atoms with Crippen molar-refractivity contribution in [2.75, 3.05) is 17.7 Å². The predicted octanol–water partition coefficient (Wildman–Crippen LogP) is 0.251. The first-order valence-corrected chi connectivity index (χ1v) is 3.90. The van der Waals surface area contributed by atoms with Crippen molar-refractivity contribution in [3.05, 3.63) is 0 Å². The Labute approximate surface area is 69.7 Å². The first-order chi connectivity index (χ1) is 5.34. The lowest BCUT2D eigenvalue weighted by Gasteiger charge is -2.00. The number of aromatic nitrogens is 4. The Morgan fingerprint density at radius 1 is 1.64 bits per heavy atom. The fourth-order valence-electron chi connectivity index (χ4n) is 0.646. The maximum atomic E-state index is 5.48. The predicted molar refractivity (Wildman–Crippen MR) is 42.6 cm³/mol. The molecule has 0 bridgehead atoms. The van der Waals surface area contributed by atoms with Gasteiger partial charge in [-0.25, -0.2) is 4.68 Å². The van der Waals surface area contributed by atoms with Crippen molar-refractivity contribution in [2.24, 2.45) is 7.05 Å². The molecule has 0 amide bonds. The Balaban J connectivity index is 2.32. The summed E-state index contributed by atoms with van der Waals surface area (Å²) in [7, 11) is 1.78. The van der Waals surface area contributed by atoms with Gasteiger partial charge >= 0.3 is 0 Å². The molecule has 1 heterocycles. The van der Waals surface area contributed by atoms with Gasteiger partial charge in [-0.05, 0) is 16.8 Å². The summed E-state index contributed by atoms with van der Waals surface area (Å²) in [6.07, 6.45) is 0.911. The molecule has 0 unspecified atom stereocenters. The van der Waals surface area contributed by atoms with Crippen LogP contribution in [0.2, 0.25) is 0 Å². The molecule has 0 spiro atoms. The van der Waals surface area contributed by atoms with Gasteiger partial charge < -0.3 is 5.32 Å². The molecule has 1 aromatic heterocycles. The van der Waals surface area contributed by atoms with E-state index in [0.29, 0.717) is 11.8 Å². The molecule has 0 aromatic carbocycles. The molecule has 5 nitrogen and oxygen atoms in total. The summed E-state index contributed by atoms with van der Waals surface area (Å²) in [5, 5.41) is 13.9. The molecule has 0 aliphatic rings. The van der Waals surface area contributed by atoms with Crippen LogP contribution in [0.5, 0.6) is 0 Å². The molecule has 11 heavy (non-hydrogen) atoms. The molecule has 0 saturated carbocycles. The molecular formula is C5H10ClN5. The highest BCUT2D eigenvalue weighted by molar-refractivity contribution is 6.17. The van der Waals surface area contributed by atoms with Crippen molar-refractivity contribution in [1.29, 1.82) is 0 Å².